The third-order valence-electron chi connectivity index (χ3n) is 5.72. The number of rotatable bonds is 7. The first kappa shape index (κ1) is 22.1. The summed E-state index contributed by atoms with van der Waals surface area (Å²) in [5, 5.41) is 13.5. The molecule has 0 unspecified atom stereocenters. The van der Waals surface area contributed by atoms with E-state index < -0.39 is 12.0 Å². The van der Waals surface area contributed by atoms with Gasteiger partial charge in [0.05, 0.1) is 11.3 Å². The largest absolute Gasteiger partial charge is 0.506 e. The average Bonchev–Trinajstić information content (AvgIpc) is 2.82. The number of nitrogens with two attached hydrogens (primary N) is 1. The Bertz CT molecular complexity index is 1330. The zero-order valence-electron chi connectivity index (χ0n) is 18.5. The van der Waals surface area contributed by atoms with Gasteiger partial charge in [-0.15, -0.1) is 0 Å². The van der Waals surface area contributed by atoms with Crippen LogP contribution in [0, 0.1) is 0 Å². The first-order chi connectivity index (χ1) is 16.0. The summed E-state index contributed by atoms with van der Waals surface area (Å²) in [6.45, 7) is 2.55. The summed E-state index contributed by atoms with van der Waals surface area (Å²) in [6, 6.07) is 21.7. The quantitative estimate of drug-likeness (QED) is 0.344. The molecule has 4 rings (SSSR count). The molecule has 0 fully saturated rings. The number of benzene rings is 4. The number of aromatic hydroxyl groups is 1. The fraction of sp³-hybridized carbons (Fsp3) is 0.185. The Kier molecular flexibility index (Phi) is 6.45. The summed E-state index contributed by atoms with van der Waals surface area (Å²) < 4.78 is 5.87. The van der Waals surface area contributed by atoms with Crippen LogP contribution in [-0.2, 0) is 0 Å². The Morgan fingerprint density at radius 3 is 2.39 bits per heavy atom. The third-order valence-corrected chi connectivity index (χ3v) is 5.72. The SMILES string of the molecule is CCCCCN(C(=O)Oc1cccc2ccccc12)c1cccc2c(O)c(C(N)=O)ccc12. The zero-order chi connectivity index (χ0) is 23.4. The van der Waals surface area contributed by atoms with Crippen LogP contribution in [0.25, 0.3) is 21.5 Å². The number of fused-ring (bicyclic) bond motifs is 2. The van der Waals surface area contributed by atoms with Crippen LogP contribution < -0.4 is 15.4 Å². The summed E-state index contributed by atoms with van der Waals surface area (Å²) in [4.78, 5) is 26.7. The molecular formula is C27H26N2O4. The number of nitrogens with zero attached hydrogens (tertiary/aromatic N) is 1. The van der Waals surface area contributed by atoms with Crippen LogP contribution in [0.4, 0.5) is 10.5 Å². The number of hydrogen-bond donors (Lipinski definition) is 2. The Morgan fingerprint density at radius 2 is 1.61 bits per heavy atom. The fourth-order valence-corrected chi connectivity index (χ4v) is 4.02. The van der Waals surface area contributed by atoms with Crippen molar-refractivity contribution in [2.45, 2.75) is 26.2 Å². The highest BCUT2D eigenvalue weighted by molar-refractivity contribution is 6.08. The maximum atomic E-state index is 13.4. The van der Waals surface area contributed by atoms with Gasteiger partial charge in [-0.05, 0) is 30.0 Å². The second kappa shape index (κ2) is 9.61. The minimum atomic E-state index is -0.713. The maximum absolute atomic E-state index is 13.4. The van der Waals surface area contributed by atoms with Gasteiger partial charge in [-0.2, -0.15) is 0 Å². The molecule has 0 heterocycles. The molecule has 0 spiro atoms. The van der Waals surface area contributed by atoms with Crippen molar-refractivity contribution in [1.82, 2.24) is 0 Å². The fourth-order valence-electron chi connectivity index (χ4n) is 4.02. The van der Waals surface area contributed by atoms with Crippen molar-refractivity contribution in [2.24, 2.45) is 5.73 Å². The van der Waals surface area contributed by atoms with Crippen molar-refractivity contribution in [3.63, 3.8) is 0 Å². The number of ether oxygens (including phenoxy) is 1. The van der Waals surface area contributed by atoms with Crippen molar-refractivity contribution in [2.75, 3.05) is 11.4 Å². The standard InChI is InChI=1S/C27H26N2O4/c1-2-3-6-17-29(27(32)33-24-14-7-10-18-9-4-5-11-19(18)24)23-13-8-12-21-20(23)15-16-22(25(21)30)26(28)31/h4-5,7-16,30H,2-3,6,17H2,1H3,(H2,28,31). The van der Waals surface area contributed by atoms with E-state index in [-0.39, 0.29) is 11.3 Å². The number of unbranched alkanes of at least 4 members (excludes halogenated alkanes) is 2. The van der Waals surface area contributed by atoms with E-state index in [9.17, 15) is 14.7 Å². The van der Waals surface area contributed by atoms with Crippen molar-refractivity contribution < 1.29 is 19.4 Å². The van der Waals surface area contributed by atoms with E-state index in [0.717, 1.165) is 30.0 Å². The van der Waals surface area contributed by atoms with Gasteiger partial charge in [-0.25, -0.2) is 4.79 Å². The molecule has 0 aliphatic carbocycles. The first-order valence-electron chi connectivity index (χ1n) is 11.0. The molecule has 0 saturated carbocycles. The molecule has 168 valence electrons. The summed E-state index contributed by atoms with van der Waals surface area (Å²) in [7, 11) is 0. The average molecular weight is 443 g/mol. The van der Waals surface area contributed by atoms with Crippen LogP contribution in [0.1, 0.15) is 36.5 Å². The van der Waals surface area contributed by atoms with Gasteiger partial charge >= 0.3 is 6.09 Å². The highest BCUT2D eigenvalue weighted by atomic mass is 16.6. The highest BCUT2D eigenvalue weighted by Gasteiger charge is 2.22. The van der Waals surface area contributed by atoms with Gasteiger partial charge in [-0.1, -0.05) is 74.4 Å². The zero-order valence-corrected chi connectivity index (χ0v) is 18.5. The molecule has 0 saturated heterocycles. The van der Waals surface area contributed by atoms with Gasteiger partial charge in [0.1, 0.15) is 11.5 Å². The van der Waals surface area contributed by atoms with Crippen LogP contribution in [0.15, 0.2) is 72.8 Å². The van der Waals surface area contributed by atoms with Gasteiger partial charge in [0.15, 0.2) is 0 Å². The van der Waals surface area contributed by atoms with Crippen LogP contribution in [0.5, 0.6) is 11.5 Å². The molecule has 0 aliphatic heterocycles. The van der Waals surface area contributed by atoms with E-state index in [1.807, 2.05) is 42.5 Å². The predicted octanol–water partition coefficient (Wildman–Crippen LogP) is 5.99. The van der Waals surface area contributed by atoms with E-state index in [4.69, 9.17) is 10.5 Å². The van der Waals surface area contributed by atoms with Gasteiger partial charge in [0.25, 0.3) is 5.91 Å². The Labute approximate surface area is 192 Å². The van der Waals surface area contributed by atoms with Gasteiger partial charge in [-0.3, -0.25) is 9.69 Å². The molecule has 3 N–H and O–H groups in total. The number of phenols is 1. The van der Waals surface area contributed by atoms with Gasteiger partial charge in [0, 0.05) is 22.7 Å². The molecule has 4 aromatic rings. The number of hydrogen-bond acceptors (Lipinski definition) is 4. The minimum absolute atomic E-state index is 0.0375. The first-order valence-corrected chi connectivity index (χ1v) is 11.0. The number of primary amides is 1. The smallest absolute Gasteiger partial charge is 0.419 e. The third kappa shape index (κ3) is 4.46. The Balaban J connectivity index is 1.76. The monoisotopic (exact) mass is 442 g/mol. The van der Waals surface area contributed by atoms with E-state index >= 15 is 0 Å². The van der Waals surface area contributed by atoms with Crippen LogP contribution >= 0.6 is 0 Å². The molecule has 0 aliphatic rings. The van der Waals surface area contributed by atoms with E-state index in [1.54, 1.807) is 29.2 Å². The van der Waals surface area contributed by atoms with Crippen molar-refractivity contribution in [3.05, 3.63) is 78.4 Å². The number of anilines is 1. The Hall–Kier alpha value is -4.06. The summed E-state index contributed by atoms with van der Waals surface area (Å²) in [5.41, 5.74) is 6.02. The lowest BCUT2D eigenvalue weighted by Crippen LogP contribution is -2.34. The van der Waals surface area contributed by atoms with Crippen molar-refractivity contribution >= 4 is 39.2 Å². The Morgan fingerprint density at radius 1 is 0.879 bits per heavy atom. The summed E-state index contributed by atoms with van der Waals surface area (Å²) >= 11 is 0. The second-order valence-electron chi connectivity index (χ2n) is 7.90. The lowest BCUT2D eigenvalue weighted by molar-refractivity contribution is 0.0998. The predicted molar refractivity (Wildman–Crippen MR) is 131 cm³/mol. The molecule has 6 nitrogen and oxygen atoms in total. The van der Waals surface area contributed by atoms with E-state index in [1.165, 1.54) is 6.07 Å². The van der Waals surface area contributed by atoms with Gasteiger partial charge < -0.3 is 15.6 Å². The molecule has 6 heteroatoms. The molecule has 0 aromatic heterocycles. The van der Waals surface area contributed by atoms with Gasteiger partial charge in [0.2, 0.25) is 0 Å². The second-order valence-corrected chi connectivity index (χ2v) is 7.90. The summed E-state index contributed by atoms with van der Waals surface area (Å²) in [6.07, 6.45) is 2.25. The lowest BCUT2D eigenvalue weighted by atomic mass is 10.0. The molecule has 33 heavy (non-hydrogen) atoms. The van der Waals surface area contributed by atoms with Crippen molar-refractivity contribution in [1.29, 1.82) is 0 Å². The van der Waals surface area contributed by atoms with Crippen LogP contribution in [0.2, 0.25) is 0 Å². The minimum Gasteiger partial charge on any atom is -0.506 e. The maximum Gasteiger partial charge on any atom is 0.419 e. The lowest BCUT2D eigenvalue weighted by Gasteiger charge is -2.24. The molecular weight excluding hydrogens is 416 g/mol. The number of carbonyl (C=O) groups is 2. The van der Waals surface area contributed by atoms with E-state index in [0.29, 0.717) is 28.8 Å². The molecule has 0 radical (unpaired) electrons. The van der Waals surface area contributed by atoms with Crippen LogP contribution in [-0.4, -0.2) is 23.7 Å². The molecule has 0 atom stereocenters. The molecule has 0 bridgehead atoms. The topological polar surface area (TPSA) is 92.9 Å². The highest BCUT2D eigenvalue weighted by Crippen LogP contribution is 2.35. The molecule has 2 amide bonds. The van der Waals surface area contributed by atoms with Crippen molar-refractivity contribution in [3.8, 4) is 11.5 Å². The van der Waals surface area contributed by atoms with Crippen LogP contribution in [0.3, 0.4) is 0 Å². The number of carbonyl (C=O) groups excluding carboxylic acids is 2. The molecule has 4 aromatic carbocycles. The number of amides is 2. The summed E-state index contributed by atoms with van der Waals surface area (Å²) in [5.74, 6) is -0.426. The normalized spacial score (nSPS) is 10.9. The van der Waals surface area contributed by atoms with E-state index in [2.05, 4.69) is 6.92 Å².